The Kier molecular flexibility index (Phi) is 9.04. The molecule has 1 heterocycles. The topological polar surface area (TPSA) is 24.5 Å². The molecule has 0 spiro atoms. The molecule has 0 bridgehead atoms. The van der Waals surface area contributed by atoms with Gasteiger partial charge in [0.15, 0.2) is 0 Å². The van der Waals surface area contributed by atoms with Gasteiger partial charge in [0, 0.05) is 37.8 Å². The van der Waals surface area contributed by atoms with Crippen molar-refractivity contribution in [2.24, 2.45) is 0 Å². The number of piperazine rings is 1. The summed E-state index contributed by atoms with van der Waals surface area (Å²) in [5.41, 5.74) is 0.334. The Balaban J connectivity index is 0.00000200. The van der Waals surface area contributed by atoms with Crippen LogP contribution in [0, 0.1) is 5.82 Å². The maximum atomic E-state index is 13.4. The van der Waals surface area contributed by atoms with E-state index in [9.17, 15) is 13.2 Å². The minimum atomic E-state index is -2.54. The summed E-state index contributed by atoms with van der Waals surface area (Å²) >= 11 is 0. The van der Waals surface area contributed by atoms with Crippen LogP contribution in [0.1, 0.15) is 11.6 Å². The van der Waals surface area contributed by atoms with Gasteiger partial charge in [-0.2, -0.15) is 0 Å². The van der Waals surface area contributed by atoms with Crippen molar-refractivity contribution in [1.29, 1.82) is 0 Å². The third-order valence-electron chi connectivity index (χ3n) is 3.30. The van der Waals surface area contributed by atoms with E-state index in [0.717, 1.165) is 6.07 Å². The molecule has 0 aliphatic carbocycles. The molecule has 1 aromatic carbocycles. The Morgan fingerprint density at radius 1 is 1.19 bits per heavy atom. The summed E-state index contributed by atoms with van der Waals surface area (Å²) in [6.07, 6.45) is -2.54. The molecule has 0 aromatic heterocycles. The van der Waals surface area contributed by atoms with Crippen LogP contribution in [0.25, 0.3) is 0 Å². The van der Waals surface area contributed by atoms with Gasteiger partial charge in [-0.15, -0.1) is 24.8 Å². The predicted molar refractivity (Wildman–Crippen MR) is 80.6 cm³/mol. The number of benzene rings is 1. The van der Waals surface area contributed by atoms with Crippen molar-refractivity contribution in [3.05, 3.63) is 29.6 Å². The first-order valence-corrected chi connectivity index (χ1v) is 6.20. The number of hydrogen-bond donors (Lipinski definition) is 1. The second kappa shape index (κ2) is 9.35. The number of rotatable bonds is 4. The molecular formula is C13H19Cl2F3N2O. The highest BCUT2D eigenvalue weighted by Gasteiger charge is 2.32. The van der Waals surface area contributed by atoms with E-state index in [1.54, 1.807) is 4.90 Å². The standard InChI is InChI=1S/C13H17F3N2O.2ClH/c1-19-11-8-9(14)2-3-10(11)12(13(15)16)18-6-4-17-5-7-18;;/h2-3,8,12-13,17H,4-7H2,1H3;2*1H/t12-;;/m0../s1. The van der Waals surface area contributed by atoms with Crippen molar-refractivity contribution < 1.29 is 17.9 Å². The van der Waals surface area contributed by atoms with Gasteiger partial charge >= 0.3 is 0 Å². The van der Waals surface area contributed by atoms with Crippen molar-refractivity contribution in [2.45, 2.75) is 12.5 Å². The molecule has 122 valence electrons. The minimum Gasteiger partial charge on any atom is -0.496 e. The summed E-state index contributed by atoms with van der Waals surface area (Å²) in [4.78, 5) is 1.71. The lowest BCUT2D eigenvalue weighted by molar-refractivity contribution is 0.0170. The van der Waals surface area contributed by atoms with Crippen LogP contribution < -0.4 is 10.1 Å². The van der Waals surface area contributed by atoms with Crippen molar-refractivity contribution in [2.75, 3.05) is 33.3 Å². The normalized spacial score (nSPS) is 16.8. The highest BCUT2D eigenvalue weighted by atomic mass is 35.5. The maximum absolute atomic E-state index is 13.4. The van der Waals surface area contributed by atoms with Gasteiger partial charge in [0.1, 0.15) is 11.6 Å². The number of nitrogens with zero attached hydrogens (tertiary/aromatic N) is 1. The fraction of sp³-hybridized carbons (Fsp3) is 0.538. The zero-order chi connectivity index (χ0) is 13.8. The van der Waals surface area contributed by atoms with Gasteiger partial charge in [0.2, 0.25) is 0 Å². The first kappa shape index (κ1) is 20.3. The number of halogens is 5. The highest BCUT2D eigenvalue weighted by molar-refractivity contribution is 5.85. The fourth-order valence-electron chi connectivity index (χ4n) is 2.38. The largest absolute Gasteiger partial charge is 0.496 e. The van der Waals surface area contributed by atoms with Crippen LogP contribution in [-0.2, 0) is 0 Å². The molecule has 0 unspecified atom stereocenters. The molecule has 8 heteroatoms. The SMILES string of the molecule is COc1cc(F)ccc1[C@@H](C(F)F)N1CCNCC1.Cl.Cl. The predicted octanol–water partition coefficient (Wildman–Crippen LogP) is 2.89. The molecule has 1 aliphatic heterocycles. The van der Waals surface area contributed by atoms with Gasteiger partial charge in [-0.3, -0.25) is 4.90 Å². The van der Waals surface area contributed by atoms with E-state index in [2.05, 4.69) is 5.32 Å². The zero-order valence-corrected chi connectivity index (χ0v) is 13.2. The number of ether oxygens (including phenoxy) is 1. The minimum absolute atomic E-state index is 0. The van der Waals surface area contributed by atoms with Crippen LogP contribution in [0.15, 0.2) is 18.2 Å². The van der Waals surface area contributed by atoms with Gasteiger partial charge < -0.3 is 10.1 Å². The average Bonchev–Trinajstić information content (AvgIpc) is 2.41. The van der Waals surface area contributed by atoms with Crippen LogP contribution >= 0.6 is 24.8 Å². The van der Waals surface area contributed by atoms with Crippen LogP contribution in [0.5, 0.6) is 5.75 Å². The van der Waals surface area contributed by atoms with Crippen molar-refractivity contribution in [3.8, 4) is 5.75 Å². The lowest BCUT2D eigenvalue weighted by atomic mass is 10.0. The van der Waals surface area contributed by atoms with Crippen molar-refractivity contribution in [1.82, 2.24) is 10.2 Å². The Hall–Kier alpha value is -0.690. The molecular weight excluding hydrogens is 328 g/mol. The average molecular weight is 347 g/mol. The third-order valence-corrected chi connectivity index (χ3v) is 3.30. The lowest BCUT2D eigenvalue weighted by Gasteiger charge is -2.35. The van der Waals surface area contributed by atoms with E-state index in [0.29, 0.717) is 31.7 Å². The number of hydrogen-bond acceptors (Lipinski definition) is 3. The van der Waals surface area contributed by atoms with E-state index < -0.39 is 18.3 Å². The lowest BCUT2D eigenvalue weighted by Crippen LogP contribution is -2.47. The van der Waals surface area contributed by atoms with E-state index in [4.69, 9.17) is 4.74 Å². The Morgan fingerprint density at radius 2 is 1.81 bits per heavy atom. The maximum Gasteiger partial charge on any atom is 0.258 e. The van der Waals surface area contributed by atoms with E-state index in [-0.39, 0.29) is 30.6 Å². The fourth-order valence-corrected chi connectivity index (χ4v) is 2.38. The quantitative estimate of drug-likeness (QED) is 0.907. The van der Waals surface area contributed by atoms with Crippen molar-refractivity contribution in [3.63, 3.8) is 0 Å². The summed E-state index contributed by atoms with van der Waals surface area (Å²) in [6.45, 7) is 2.42. The van der Waals surface area contributed by atoms with Crippen LogP contribution in [0.2, 0.25) is 0 Å². The van der Waals surface area contributed by atoms with Gasteiger partial charge in [-0.05, 0) is 6.07 Å². The van der Waals surface area contributed by atoms with Gasteiger partial charge in [-0.25, -0.2) is 13.2 Å². The van der Waals surface area contributed by atoms with E-state index in [1.807, 2.05) is 0 Å². The molecule has 0 radical (unpaired) electrons. The third kappa shape index (κ3) is 4.92. The second-order valence-corrected chi connectivity index (χ2v) is 4.45. The Labute approximate surface area is 134 Å². The monoisotopic (exact) mass is 346 g/mol. The molecule has 0 amide bonds. The van der Waals surface area contributed by atoms with Gasteiger partial charge in [0.05, 0.1) is 13.2 Å². The number of alkyl halides is 2. The zero-order valence-electron chi connectivity index (χ0n) is 11.5. The molecule has 1 fully saturated rings. The molecule has 1 atom stereocenters. The molecule has 1 aliphatic rings. The molecule has 1 saturated heterocycles. The summed E-state index contributed by atoms with van der Waals surface area (Å²) < 4.78 is 44.9. The number of methoxy groups -OCH3 is 1. The molecule has 2 rings (SSSR count). The van der Waals surface area contributed by atoms with Gasteiger partial charge in [0.25, 0.3) is 6.43 Å². The molecule has 1 aromatic rings. The van der Waals surface area contributed by atoms with Crippen LogP contribution in [-0.4, -0.2) is 44.6 Å². The summed E-state index contributed by atoms with van der Waals surface area (Å²) in [5.74, 6) is -0.322. The van der Waals surface area contributed by atoms with E-state index in [1.165, 1.54) is 19.2 Å². The Morgan fingerprint density at radius 3 is 2.33 bits per heavy atom. The highest BCUT2D eigenvalue weighted by Crippen LogP contribution is 2.34. The summed E-state index contributed by atoms with van der Waals surface area (Å²) in [7, 11) is 1.36. The first-order chi connectivity index (χ1) is 9.13. The summed E-state index contributed by atoms with van der Waals surface area (Å²) in [5, 5.41) is 3.12. The smallest absolute Gasteiger partial charge is 0.258 e. The molecule has 3 nitrogen and oxygen atoms in total. The van der Waals surface area contributed by atoms with E-state index >= 15 is 0 Å². The Bertz CT molecular complexity index is 432. The second-order valence-electron chi connectivity index (χ2n) is 4.45. The first-order valence-electron chi connectivity index (χ1n) is 6.20. The summed E-state index contributed by atoms with van der Waals surface area (Å²) in [6, 6.07) is 2.66. The number of nitrogens with one attached hydrogen (secondary N) is 1. The van der Waals surface area contributed by atoms with Crippen LogP contribution in [0.4, 0.5) is 13.2 Å². The molecule has 21 heavy (non-hydrogen) atoms. The van der Waals surface area contributed by atoms with Crippen LogP contribution in [0.3, 0.4) is 0 Å². The molecule has 1 N–H and O–H groups in total. The van der Waals surface area contributed by atoms with Gasteiger partial charge in [-0.1, -0.05) is 6.07 Å². The van der Waals surface area contributed by atoms with Crippen molar-refractivity contribution >= 4 is 24.8 Å². The molecule has 0 saturated carbocycles.